The molecule has 3 aromatic rings. The van der Waals surface area contributed by atoms with Crippen LogP contribution >= 0.6 is 11.6 Å². The molecule has 0 fully saturated rings. The first-order chi connectivity index (χ1) is 14.4. The zero-order chi connectivity index (χ0) is 21.3. The van der Waals surface area contributed by atoms with Crippen molar-refractivity contribution >= 4 is 29.1 Å². The summed E-state index contributed by atoms with van der Waals surface area (Å²) in [6, 6.07) is 21.8. The number of carbonyl (C=O) groups is 1. The number of hydrogen-bond acceptors (Lipinski definition) is 5. The molecule has 4 rings (SSSR count). The lowest BCUT2D eigenvalue weighted by atomic mass is 10.0. The molecule has 0 bridgehead atoms. The Balaban J connectivity index is 1.64. The first kappa shape index (κ1) is 19.6. The van der Waals surface area contributed by atoms with Crippen LogP contribution in [0.25, 0.3) is 11.1 Å². The molecule has 0 N–H and O–H groups in total. The minimum Gasteiger partial charge on any atom is -0.446 e. The third-order valence-corrected chi connectivity index (χ3v) is 4.98. The van der Waals surface area contributed by atoms with Crippen LogP contribution in [0.15, 0.2) is 77.9 Å². The maximum Gasteiger partial charge on any atom is 0.288 e. The average Bonchev–Trinajstić information content (AvgIpc) is 3.20. The van der Waals surface area contributed by atoms with E-state index in [0.29, 0.717) is 5.56 Å². The van der Waals surface area contributed by atoms with E-state index in [-0.39, 0.29) is 22.5 Å². The van der Waals surface area contributed by atoms with Crippen LogP contribution in [0.1, 0.15) is 24.3 Å². The Bertz CT molecular complexity index is 1150. The minimum atomic E-state index is -0.767. The maximum absolute atomic E-state index is 12.1. The second-order valence-corrected chi connectivity index (χ2v) is 7.06. The summed E-state index contributed by atoms with van der Waals surface area (Å²) in [4.78, 5) is 22.7. The molecule has 150 valence electrons. The molecular weight excluding hydrogens is 406 g/mol. The van der Waals surface area contributed by atoms with Gasteiger partial charge in [0.1, 0.15) is 5.02 Å². The van der Waals surface area contributed by atoms with Gasteiger partial charge in [0.25, 0.3) is 5.69 Å². The lowest BCUT2D eigenvalue weighted by molar-refractivity contribution is -0.384. The second-order valence-electron chi connectivity index (χ2n) is 6.65. The number of carbonyl (C=O) groups excluding carboxylic acids is 1. The predicted molar refractivity (Wildman–Crippen MR) is 113 cm³/mol. The van der Waals surface area contributed by atoms with Gasteiger partial charge < -0.3 is 4.74 Å². The number of hydrogen-bond donors (Lipinski definition) is 0. The van der Waals surface area contributed by atoms with Gasteiger partial charge in [-0.2, -0.15) is 5.01 Å². The summed E-state index contributed by atoms with van der Waals surface area (Å²) in [6.07, 6.45) is -0.767. The summed E-state index contributed by atoms with van der Waals surface area (Å²) in [5, 5.41) is 16.6. The Kier molecular flexibility index (Phi) is 5.20. The molecule has 1 amide bonds. The molecule has 30 heavy (non-hydrogen) atoms. The van der Waals surface area contributed by atoms with Crippen molar-refractivity contribution in [3.63, 3.8) is 0 Å². The molecular formula is C22H16ClN3O4. The number of benzene rings is 3. The van der Waals surface area contributed by atoms with Crippen molar-refractivity contribution in [2.75, 3.05) is 0 Å². The Hall–Kier alpha value is -3.71. The standard InChI is InChI=1S/C22H16ClN3O4/c1-14(27)25-22(17-9-7-16(8-10-17)15-5-3-2-4-6-15)30-21(24-25)18-11-12-19(23)20(13-18)26(28)29/h2-13,22H,1H3/t22-/m1/s1. The molecule has 0 aliphatic carbocycles. The van der Waals surface area contributed by atoms with E-state index in [0.717, 1.165) is 16.7 Å². The minimum absolute atomic E-state index is 0.0128. The van der Waals surface area contributed by atoms with Crippen molar-refractivity contribution in [1.29, 1.82) is 0 Å². The highest BCUT2D eigenvalue weighted by Crippen LogP contribution is 2.33. The van der Waals surface area contributed by atoms with E-state index in [9.17, 15) is 14.9 Å². The highest BCUT2D eigenvalue weighted by molar-refractivity contribution is 6.32. The predicted octanol–water partition coefficient (Wildman–Crippen LogP) is 5.15. The topological polar surface area (TPSA) is 85.0 Å². The summed E-state index contributed by atoms with van der Waals surface area (Å²) in [5.41, 5.74) is 2.93. The lowest BCUT2D eigenvalue weighted by Crippen LogP contribution is -2.25. The van der Waals surface area contributed by atoms with Crippen molar-refractivity contribution in [3.05, 3.63) is 99.1 Å². The van der Waals surface area contributed by atoms with Crippen LogP contribution in [0.4, 0.5) is 5.69 Å². The van der Waals surface area contributed by atoms with Crippen LogP contribution in [0.5, 0.6) is 0 Å². The first-order valence-corrected chi connectivity index (χ1v) is 9.46. The van der Waals surface area contributed by atoms with E-state index in [4.69, 9.17) is 16.3 Å². The summed E-state index contributed by atoms with van der Waals surface area (Å²) < 4.78 is 5.92. The SMILES string of the molecule is CC(=O)N1N=C(c2ccc(Cl)c([N+](=O)[O-])c2)O[C@@H]1c1ccc(-c2ccccc2)cc1. The molecule has 0 aromatic heterocycles. The number of nitro benzene ring substituents is 1. The quantitative estimate of drug-likeness (QED) is 0.430. The van der Waals surface area contributed by atoms with Gasteiger partial charge in [-0.1, -0.05) is 66.2 Å². The van der Waals surface area contributed by atoms with Crippen LogP contribution in [-0.2, 0) is 9.53 Å². The third-order valence-electron chi connectivity index (χ3n) is 4.66. The summed E-state index contributed by atoms with van der Waals surface area (Å²) in [7, 11) is 0. The van der Waals surface area contributed by atoms with Crippen LogP contribution in [0, 0.1) is 10.1 Å². The van der Waals surface area contributed by atoms with Crippen LogP contribution in [0.3, 0.4) is 0 Å². The van der Waals surface area contributed by atoms with Crippen molar-refractivity contribution in [3.8, 4) is 11.1 Å². The van der Waals surface area contributed by atoms with Crippen molar-refractivity contribution < 1.29 is 14.5 Å². The largest absolute Gasteiger partial charge is 0.446 e. The summed E-state index contributed by atoms with van der Waals surface area (Å²) >= 11 is 5.88. The highest BCUT2D eigenvalue weighted by atomic mass is 35.5. The molecule has 1 atom stereocenters. The van der Waals surface area contributed by atoms with E-state index >= 15 is 0 Å². The molecule has 0 spiro atoms. The fraction of sp³-hybridized carbons (Fsp3) is 0.0909. The normalized spacial score (nSPS) is 15.5. The smallest absolute Gasteiger partial charge is 0.288 e. The van der Waals surface area contributed by atoms with Gasteiger partial charge in [-0.25, -0.2) is 0 Å². The van der Waals surface area contributed by atoms with E-state index in [1.54, 1.807) is 6.07 Å². The van der Waals surface area contributed by atoms with E-state index < -0.39 is 11.2 Å². The monoisotopic (exact) mass is 421 g/mol. The van der Waals surface area contributed by atoms with Gasteiger partial charge in [-0.3, -0.25) is 14.9 Å². The first-order valence-electron chi connectivity index (χ1n) is 9.09. The van der Waals surface area contributed by atoms with Crippen molar-refractivity contribution in [2.24, 2.45) is 5.10 Å². The van der Waals surface area contributed by atoms with Crippen molar-refractivity contribution in [2.45, 2.75) is 13.2 Å². The number of amides is 1. The molecule has 3 aromatic carbocycles. The number of nitrogens with zero attached hydrogens (tertiary/aromatic N) is 3. The number of hydrazone groups is 1. The van der Waals surface area contributed by atoms with E-state index in [2.05, 4.69) is 5.10 Å². The third kappa shape index (κ3) is 3.75. The maximum atomic E-state index is 12.1. The van der Waals surface area contributed by atoms with Gasteiger partial charge in [0.15, 0.2) is 0 Å². The zero-order valence-corrected chi connectivity index (χ0v) is 16.6. The molecule has 1 aliphatic rings. The Morgan fingerprint density at radius 3 is 2.30 bits per heavy atom. The van der Waals surface area contributed by atoms with Crippen LogP contribution in [0.2, 0.25) is 5.02 Å². The number of halogens is 1. The Morgan fingerprint density at radius 2 is 1.67 bits per heavy atom. The van der Waals surface area contributed by atoms with Gasteiger partial charge in [-0.05, 0) is 23.3 Å². The van der Waals surface area contributed by atoms with E-state index in [1.807, 2.05) is 54.6 Å². The number of ether oxygens (including phenoxy) is 1. The second kappa shape index (κ2) is 7.96. The fourth-order valence-corrected chi connectivity index (χ4v) is 3.34. The zero-order valence-electron chi connectivity index (χ0n) is 15.9. The van der Waals surface area contributed by atoms with Gasteiger partial charge in [-0.15, -0.1) is 5.10 Å². The lowest BCUT2D eigenvalue weighted by Gasteiger charge is -2.19. The molecule has 0 unspecified atom stereocenters. The van der Waals surface area contributed by atoms with Crippen molar-refractivity contribution in [1.82, 2.24) is 5.01 Å². The van der Waals surface area contributed by atoms with Gasteiger partial charge >= 0.3 is 0 Å². The Morgan fingerprint density at radius 1 is 1.03 bits per heavy atom. The molecule has 1 aliphatic heterocycles. The average molecular weight is 422 g/mol. The number of rotatable bonds is 4. The summed E-state index contributed by atoms with van der Waals surface area (Å²) in [5.74, 6) is -0.201. The molecule has 0 radical (unpaired) electrons. The molecule has 8 heteroatoms. The Labute approximate surface area is 177 Å². The number of nitro groups is 1. The van der Waals surface area contributed by atoms with E-state index in [1.165, 1.54) is 24.1 Å². The van der Waals surface area contributed by atoms with Crippen LogP contribution in [-0.4, -0.2) is 21.7 Å². The van der Waals surface area contributed by atoms with Crippen LogP contribution < -0.4 is 0 Å². The molecule has 0 saturated carbocycles. The van der Waals surface area contributed by atoms with Gasteiger partial charge in [0, 0.05) is 24.1 Å². The molecule has 0 saturated heterocycles. The molecule has 7 nitrogen and oxygen atoms in total. The van der Waals surface area contributed by atoms with Gasteiger partial charge in [0.05, 0.1) is 4.92 Å². The molecule has 1 heterocycles. The highest BCUT2D eigenvalue weighted by Gasteiger charge is 2.33. The van der Waals surface area contributed by atoms with Gasteiger partial charge in [0.2, 0.25) is 18.0 Å². The summed E-state index contributed by atoms with van der Waals surface area (Å²) in [6.45, 7) is 1.38. The fourth-order valence-electron chi connectivity index (χ4n) is 3.16.